The first kappa shape index (κ1) is 51.2. The highest BCUT2D eigenvalue weighted by molar-refractivity contribution is 5.95. The maximum absolute atomic E-state index is 15.7. The first-order chi connectivity index (χ1) is 29.7. The quantitative estimate of drug-likeness (QED) is 0.0993. The number of hydrogen-bond donors (Lipinski definition) is 3. The molecule has 12 heteroatoms. The average molecular weight is 875 g/mol. The van der Waals surface area contributed by atoms with Gasteiger partial charge in [0, 0.05) is 48.8 Å². The molecule has 3 amide bonds. The number of ether oxygens (including phenoxy) is 1. The van der Waals surface area contributed by atoms with Crippen LogP contribution in [0.5, 0.6) is 0 Å². The van der Waals surface area contributed by atoms with E-state index in [2.05, 4.69) is 10.6 Å². The lowest BCUT2D eigenvalue weighted by molar-refractivity contribution is -0.251. The minimum absolute atomic E-state index is 0.0443. The highest BCUT2D eigenvalue weighted by Gasteiger charge is 2.46. The normalized spacial score (nSPS) is 19.9. The van der Waals surface area contributed by atoms with Crippen molar-refractivity contribution in [1.29, 1.82) is 0 Å². The number of alkyl carbamates (subject to hydrolysis) is 1. The molecule has 5 atom stereocenters. The molecular weight excluding hydrogens is 800 g/mol. The number of ketones is 2. The van der Waals surface area contributed by atoms with E-state index < -0.39 is 47.0 Å². The van der Waals surface area contributed by atoms with E-state index in [1.807, 2.05) is 123 Å². The van der Waals surface area contributed by atoms with Crippen LogP contribution in [0.3, 0.4) is 0 Å². The lowest BCUT2D eigenvalue weighted by atomic mass is 9.73. The third-order valence-electron chi connectivity index (χ3n) is 12.8. The van der Waals surface area contributed by atoms with Gasteiger partial charge in [0.1, 0.15) is 6.61 Å². The maximum atomic E-state index is 15.7. The summed E-state index contributed by atoms with van der Waals surface area (Å²) in [6.07, 6.45) is 4.73. The number of halogens is 1. The summed E-state index contributed by atoms with van der Waals surface area (Å²) in [4.78, 5) is 71.1. The Balaban J connectivity index is 1.48. The lowest BCUT2D eigenvalue weighted by Gasteiger charge is -2.51. The van der Waals surface area contributed by atoms with Gasteiger partial charge in [-0.05, 0) is 114 Å². The number of Topliss-reactive ketones (excluding diaryl/α,β-unsaturated/α-hetero) is 2. The molecule has 2 aromatic rings. The second-order valence-corrected chi connectivity index (χ2v) is 20.2. The zero-order chi connectivity index (χ0) is 46.5. The molecule has 0 spiro atoms. The molecule has 348 valence electrons. The number of carbonyl (C=O) groups excluding carboxylic acids is 5. The molecule has 2 aliphatic rings. The lowest BCUT2D eigenvalue weighted by Crippen LogP contribution is -2.59. The van der Waals surface area contributed by atoms with E-state index in [0.29, 0.717) is 51.5 Å². The summed E-state index contributed by atoms with van der Waals surface area (Å²) in [7, 11) is 0. The SMILES string of the molecule is CC(C)C[C@H](C)/C(F)=C/[C@H](Cc1ccccc1)C(=O)N1CCC[C@H]1C(=O)C[C@H](C(=O)N[C@H](CCCNC(=O)OCc1ccccc1)C(=O)CC1CC(C)(C)N(O)C(C)(C)C1)C(C)C. The number of nitrogens with one attached hydrogen (secondary N) is 2. The van der Waals surface area contributed by atoms with Gasteiger partial charge in [0.2, 0.25) is 11.8 Å². The molecule has 63 heavy (non-hydrogen) atoms. The Kier molecular flexibility index (Phi) is 19.1. The minimum atomic E-state index is -0.877. The third kappa shape index (κ3) is 15.4. The molecule has 3 N–H and O–H groups in total. The first-order valence-corrected chi connectivity index (χ1v) is 23.2. The van der Waals surface area contributed by atoms with E-state index in [1.165, 1.54) is 11.1 Å². The fourth-order valence-corrected chi connectivity index (χ4v) is 9.74. The Morgan fingerprint density at radius 2 is 1.51 bits per heavy atom. The molecule has 0 aliphatic carbocycles. The predicted octanol–water partition coefficient (Wildman–Crippen LogP) is 9.41. The Morgan fingerprint density at radius 3 is 2.10 bits per heavy atom. The van der Waals surface area contributed by atoms with Crippen molar-refractivity contribution >= 4 is 29.5 Å². The molecule has 0 saturated carbocycles. The van der Waals surface area contributed by atoms with Gasteiger partial charge in [-0.3, -0.25) is 19.2 Å². The molecule has 2 aromatic carbocycles. The van der Waals surface area contributed by atoms with Crippen LogP contribution < -0.4 is 10.6 Å². The van der Waals surface area contributed by atoms with E-state index >= 15 is 4.39 Å². The van der Waals surface area contributed by atoms with Crippen LogP contribution in [0, 0.1) is 35.5 Å². The topological polar surface area (TPSA) is 145 Å². The summed E-state index contributed by atoms with van der Waals surface area (Å²) >= 11 is 0. The second-order valence-electron chi connectivity index (χ2n) is 20.2. The average Bonchev–Trinajstić information content (AvgIpc) is 3.72. The highest BCUT2D eigenvalue weighted by atomic mass is 19.1. The number of amides is 3. The molecular formula is C51H75FN4O7. The Labute approximate surface area is 375 Å². The number of allylic oxidation sites excluding steroid dienone is 1. The summed E-state index contributed by atoms with van der Waals surface area (Å²) in [6, 6.07) is 17.2. The zero-order valence-electron chi connectivity index (χ0n) is 39.3. The minimum Gasteiger partial charge on any atom is -0.445 e. The van der Waals surface area contributed by atoms with Crippen molar-refractivity contribution in [2.45, 2.75) is 156 Å². The van der Waals surface area contributed by atoms with Crippen molar-refractivity contribution < 1.29 is 38.3 Å². The van der Waals surface area contributed by atoms with Crippen LogP contribution in [-0.2, 0) is 36.9 Å². The van der Waals surface area contributed by atoms with Gasteiger partial charge in [-0.2, -0.15) is 5.06 Å². The van der Waals surface area contributed by atoms with Gasteiger partial charge < -0.3 is 25.5 Å². The summed E-state index contributed by atoms with van der Waals surface area (Å²) < 4.78 is 21.0. The van der Waals surface area contributed by atoms with Crippen molar-refractivity contribution in [3.05, 3.63) is 83.7 Å². The van der Waals surface area contributed by atoms with Crippen LogP contribution in [0.1, 0.15) is 131 Å². The van der Waals surface area contributed by atoms with Crippen LogP contribution >= 0.6 is 0 Å². The zero-order valence-corrected chi connectivity index (χ0v) is 39.3. The maximum Gasteiger partial charge on any atom is 0.407 e. The van der Waals surface area contributed by atoms with E-state index in [9.17, 15) is 29.2 Å². The van der Waals surface area contributed by atoms with E-state index in [1.54, 1.807) is 4.90 Å². The van der Waals surface area contributed by atoms with Crippen LogP contribution in [0.25, 0.3) is 0 Å². The summed E-state index contributed by atoms with van der Waals surface area (Å²) in [5.41, 5.74) is 0.620. The van der Waals surface area contributed by atoms with Gasteiger partial charge in [-0.15, -0.1) is 0 Å². The number of rotatable bonds is 22. The molecule has 0 unspecified atom stereocenters. The largest absolute Gasteiger partial charge is 0.445 e. The Morgan fingerprint density at radius 1 is 0.905 bits per heavy atom. The van der Waals surface area contributed by atoms with Crippen LogP contribution in [0.15, 0.2) is 72.6 Å². The Hall–Kier alpha value is -4.42. The standard InChI is InChI=1S/C51H75FN4O7/c1-34(2)26-36(5)42(52)29-40(27-37-18-12-10-13-19-37)48(60)55-25-17-23-44(55)46(58)30-41(35(3)4)47(59)54-43(22-16-24-53-49(61)63-33-38-20-14-11-15-21-38)45(57)28-39-31-50(6,7)56(62)51(8,9)32-39/h10-15,18-21,29,34-36,39-41,43-44,62H,16-17,22-28,30-33H2,1-9H3,(H,53,61)(H,54,59)/b42-29-/t36-,40-,41-,43+,44-/m0/s1. The molecule has 0 bridgehead atoms. The fraction of sp³-hybridized carbons (Fsp3) is 0.627. The van der Waals surface area contributed by atoms with Crippen molar-refractivity contribution in [2.75, 3.05) is 13.1 Å². The van der Waals surface area contributed by atoms with E-state index in [4.69, 9.17) is 4.74 Å². The fourth-order valence-electron chi connectivity index (χ4n) is 9.74. The number of likely N-dealkylation sites (tertiary alicyclic amines) is 1. The van der Waals surface area contributed by atoms with Crippen molar-refractivity contribution in [1.82, 2.24) is 20.6 Å². The van der Waals surface area contributed by atoms with Crippen molar-refractivity contribution in [2.24, 2.45) is 35.5 Å². The van der Waals surface area contributed by atoms with Crippen LogP contribution in [0.2, 0.25) is 0 Å². The van der Waals surface area contributed by atoms with Gasteiger partial charge in [0.15, 0.2) is 11.6 Å². The molecule has 0 radical (unpaired) electrons. The number of hydrogen-bond acceptors (Lipinski definition) is 8. The van der Waals surface area contributed by atoms with Gasteiger partial charge >= 0.3 is 6.09 Å². The smallest absolute Gasteiger partial charge is 0.407 e. The van der Waals surface area contributed by atoms with Gasteiger partial charge in [0.25, 0.3) is 0 Å². The van der Waals surface area contributed by atoms with Gasteiger partial charge in [-0.1, -0.05) is 95.3 Å². The monoisotopic (exact) mass is 875 g/mol. The molecule has 11 nitrogen and oxygen atoms in total. The second kappa shape index (κ2) is 23.5. The van der Waals surface area contributed by atoms with Gasteiger partial charge in [0.05, 0.1) is 23.8 Å². The van der Waals surface area contributed by atoms with Crippen molar-refractivity contribution in [3.8, 4) is 0 Å². The summed E-state index contributed by atoms with van der Waals surface area (Å²) in [6.45, 7) is 18.1. The Bertz CT molecular complexity index is 1830. The molecule has 2 heterocycles. The third-order valence-corrected chi connectivity index (χ3v) is 12.8. The van der Waals surface area contributed by atoms with Crippen LogP contribution in [0.4, 0.5) is 9.18 Å². The predicted molar refractivity (Wildman–Crippen MR) is 244 cm³/mol. The number of benzene rings is 2. The number of nitrogens with zero attached hydrogens (tertiary/aromatic N) is 2. The molecule has 0 aromatic heterocycles. The molecule has 2 fully saturated rings. The van der Waals surface area contributed by atoms with Gasteiger partial charge in [-0.25, -0.2) is 9.18 Å². The molecule has 2 saturated heterocycles. The van der Waals surface area contributed by atoms with Crippen molar-refractivity contribution in [3.63, 3.8) is 0 Å². The number of piperidine rings is 1. The van der Waals surface area contributed by atoms with E-state index in [-0.39, 0.29) is 79.4 Å². The van der Waals surface area contributed by atoms with E-state index in [0.717, 1.165) is 11.1 Å². The summed E-state index contributed by atoms with van der Waals surface area (Å²) in [5.74, 6) is -3.37. The molecule has 4 rings (SSSR count). The molecule has 2 aliphatic heterocycles. The summed E-state index contributed by atoms with van der Waals surface area (Å²) in [5, 5.41) is 18.0. The number of hydroxylamine groups is 2. The first-order valence-electron chi connectivity index (χ1n) is 23.2. The van der Waals surface area contributed by atoms with Crippen LogP contribution in [-0.4, -0.2) is 80.9 Å². The number of carbonyl (C=O) groups is 5. The highest BCUT2D eigenvalue weighted by Crippen LogP contribution is 2.41.